The number of hydrogen-bond acceptors (Lipinski definition) is 3. The number of carbonyl (C=O) groups is 2. The topological polar surface area (TPSA) is 69.6 Å². The van der Waals surface area contributed by atoms with Crippen LogP contribution in [0.2, 0.25) is 0 Å². The summed E-state index contributed by atoms with van der Waals surface area (Å²) in [6.07, 6.45) is 0.376. The van der Waals surface area contributed by atoms with Gasteiger partial charge in [0, 0.05) is 12.1 Å². The zero-order valence-corrected chi connectivity index (χ0v) is 9.51. The number of carboxylic acid groups (broad SMARTS) is 1. The first kappa shape index (κ1) is 11.6. The number of rotatable bonds is 3. The van der Waals surface area contributed by atoms with Crippen LogP contribution in [0.5, 0.6) is 0 Å². The standard InChI is InChI=1S/C12H14N2O3/c1-13-7-11(15)14-9-5-3-2-4-8(9)6-10(14)12(16)17/h2-5,10,13H,6-7H2,1H3,(H,16,17)/t10-/m0/s1. The summed E-state index contributed by atoms with van der Waals surface area (Å²) < 4.78 is 0. The number of fused-ring (bicyclic) bond motifs is 1. The monoisotopic (exact) mass is 234 g/mol. The minimum atomic E-state index is -0.967. The van der Waals surface area contributed by atoms with Gasteiger partial charge in [-0.1, -0.05) is 18.2 Å². The molecule has 1 aliphatic heterocycles. The number of carbonyl (C=O) groups excluding carboxylic acids is 1. The maximum absolute atomic E-state index is 11.9. The number of nitrogens with one attached hydrogen (secondary N) is 1. The van der Waals surface area contributed by atoms with E-state index in [9.17, 15) is 9.59 Å². The average molecular weight is 234 g/mol. The lowest BCUT2D eigenvalue weighted by Crippen LogP contribution is -2.46. The molecular weight excluding hydrogens is 220 g/mol. The van der Waals surface area contributed by atoms with Crippen LogP contribution < -0.4 is 10.2 Å². The molecule has 17 heavy (non-hydrogen) atoms. The maximum Gasteiger partial charge on any atom is 0.327 e. The second-order valence-corrected chi connectivity index (χ2v) is 3.98. The summed E-state index contributed by atoms with van der Waals surface area (Å²) in [6.45, 7) is 0.137. The van der Waals surface area contributed by atoms with Gasteiger partial charge in [-0.15, -0.1) is 0 Å². The number of nitrogens with zero attached hydrogens (tertiary/aromatic N) is 1. The van der Waals surface area contributed by atoms with E-state index in [1.807, 2.05) is 18.2 Å². The molecule has 0 radical (unpaired) electrons. The Balaban J connectivity index is 2.37. The number of anilines is 1. The van der Waals surface area contributed by atoms with Gasteiger partial charge < -0.3 is 10.4 Å². The SMILES string of the molecule is CNCC(=O)N1c2ccccc2C[C@H]1C(=O)O. The first-order valence-corrected chi connectivity index (χ1v) is 5.42. The van der Waals surface area contributed by atoms with Gasteiger partial charge in [0.2, 0.25) is 5.91 Å². The predicted molar refractivity (Wildman–Crippen MR) is 63.0 cm³/mol. The van der Waals surface area contributed by atoms with E-state index in [1.165, 1.54) is 4.90 Å². The van der Waals surface area contributed by atoms with Crippen molar-refractivity contribution in [3.63, 3.8) is 0 Å². The highest BCUT2D eigenvalue weighted by molar-refractivity contribution is 6.02. The van der Waals surface area contributed by atoms with Crippen LogP contribution in [0.3, 0.4) is 0 Å². The van der Waals surface area contributed by atoms with E-state index < -0.39 is 12.0 Å². The molecule has 2 N–H and O–H groups in total. The average Bonchev–Trinajstić information content (AvgIpc) is 2.68. The molecule has 1 aliphatic rings. The Labute approximate surface area is 99.0 Å². The number of carboxylic acids is 1. The summed E-state index contributed by atoms with van der Waals surface area (Å²) >= 11 is 0. The van der Waals surface area contributed by atoms with Crippen LogP contribution in [0.1, 0.15) is 5.56 Å². The molecule has 1 atom stereocenters. The van der Waals surface area contributed by atoms with E-state index in [0.29, 0.717) is 12.1 Å². The molecule has 0 bridgehead atoms. The molecule has 1 aromatic carbocycles. The highest BCUT2D eigenvalue weighted by Gasteiger charge is 2.37. The Bertz CT molecular complexity index is 459. The molecule has 0 fully saturated rings. The number of hydrogen-bond donors (Lipinski definition) is 2. The molecule has 0 unspecified atom stereocenters. The van der Waals surface area contributed by atoms with Crippen molar-refractivity contribution in [3.8, 4) is 0 Å². The van der Waals surface area contributed by atoms with Crippen LogP contribution in [0.4, 0.5) is 5.69 Å². The third-order valence-electron chi connectivity index (χ3n) is 2.86. The van der Waals surface area contributed by atoms with Crippen LogP contribution in [0, 0.1) is 0 Å². The fourth-order valence-corrected chi connectivity index (χ4v) is 2.13. The molecule has 0 saturated carbocycles. The van der Waals surface area contributed by atoms with Crippen molar-refractivity contribution in [2.75, 3.05) is 18.5 Å². The van der Waals surface area contributed by atoms with Gasteiger partial charge >= 0.3 is 5.97 Å². The van der Waals surface area contributed by atoms with Gasteiger partial charge in [-0.25, -0.2) is 4.79 Å². The molecule has 1 aromatic rings. The molecule has 1 heterocycles. The fraction of sp³-hybridized carbons (Fsp3) is 0.333. The molecule has 5 heteroatoms. The van der Waals surface area contributed by atoms with E-state index in [4.69, 9.17) is 5.11 Å². The van der Waals surface area contributed by atoms with E-state index in [2.05, 4.69) is 5.32 Å². The van der Waals surface area contributed by atoms with Crippen molar-refractivity contribution in [2.45, 2.75) is 12.5 Å². The first-order chi connectivity index (χ1) is 8.15. The molecule has 0 aromatic heterocycles. The number of benzene rings is 1. The summed E-state index contributed by atoms with van der Waals surface area (Å²) in [5.74, 6) is -1.18. The fourth-order valence-electron chi connectivity index (χ4n) is 2.13. The lowest BCUT2D eigenvalue weighted by atomic mass is 10.1. The maximum atomic E-state index is 11.9. The molecule has 90 valence electrons. The van der Waals surface area contributed by atoms with Crippen LogP contribution in [-0.2, 0) is 16.0 Å². The second-order valence-electron chi connectivity index (χ2n) is 3.98. The summed E-state index contributed by atoms with van der Waals surface area (Å²) in [5.41, 5.74) is 1.62. The quantitative estimate of drug-likeness (QED) is 0.786. The molecule has 2 rings (SSSR count). The van der Waals surface area contributed by atoms with Crippen molar-refractivity contribution >= 4 is 17.6 Å². The Morgan fingerprint density at radius 3 is 2.82 bits per heavy atom. The van der Waals surface area contributed by atoms with E-state index in [-0.39, 0.29) is 12.5 Å². The zero-order chi connectivity index (χ0) is 12.4. The summed E-state index contributed by atoms with van der Waals surface area (Å²) in [5, 5.41) is 11.9. The zero-order valence-electron chi connectivity index (χ0n) is 9.51. The smallest absolute Gasteiger partial charge is 0.327 e. The summed E-state index contributed by atoms with van der Waals surface area (Å²) in [6, 6.07) is 6.52. The number of likely N-dealkylation sites (N-methyl/N-ethyl adjacent to an activating group) is 1. The van der Waals surface area contributed by atoms with Crippen LogP contribution in [0.25, 0.3) is 0 Å². The second kappa shape index (κ2) is 4.55. The minimum Gasteiger partial charge on any atom is -0.480 e. The predicted octanol–water partition coefficient (Wildman–Crippen LogP) is 0.248. The Morgan fingerprint density at radius 1 is 1.47 bits per heavy atom. The molecule has 0 spiro atoms. The van der Waals surface area contributed by atoms with Gasteiger partial charge in [0.05, 0.1) is 6.54 Å². The van der Waals surface area contributed by atoms with Crippen molar-refractivity contribution in [1.29, 1.82) is 0 Å². The number of para-hydroxylation sites is 1. The molecule has 0 saturated heterocycles. The van der Waals surface area contributed by atoms with E-state index in [0.717, 1.165) is 5.56 Å². The number of amides is 1. The molecule has 0 aliphatic carbocycles. The molecule has 1 amide bonds. The minimum absolute atomic E-state index is 0.137. The molecular formula is C12H14N2O3. The van der Waals surface area contributed by atoms with Gasteiger partial charge in [0.15, 0.2) is 0 Å². The highest BCUT2D eigenvalue weighted by Crippen LogP contribution is 2.31. The van der Waals surface area contributed by atoms with Crippen molar-refractivity contribution in [3.05, 3.63) is 29.8 Å². The third-order valence-corrected chi connectivity index (χ3v) is 2.86. The number of aliphatic carboxylic acids is 1. The lowest BCUT2D eigenvalue weighted by Gasteiger charge is -2.22. The summed E-state index contributed by atoms with van der Waals surface area (Å²) in [4.78, 5) is 24.5. The van der Waals surface area contributed by atoms with Crippen molar-refractivity contribution < 1.29 is 14.7 Å². The largest absolute Gasteiger partial charge is 0.480 e. The molecule has 5 nitrogen and oxygen atoms in total. The van der Waals surface area contributed by atoms with Gasteiger partial charge in [-0.3, -0.25) is 9.69 Å². The van der Waals surface area contributed by atoms with Gasteiger partial charge in [0.1, 0.15) is 6.04 Å². The van der Waals surface area contributed by atoms with Crippen molar-refractivity contribution in [2.24, 2.45) is 0 Å². The summed E-state index contributed by atoms with van der Waals surface area (Å²) in [7, 11) is 1.66. The van der Waals surface area contributed by atoms with E-state index in [1.54, 1.807) is 13.1 Å². The Kier molecular flexibility index (Phi) is 3.10. The van der Waals surface area contributed by atoms with Crippen molar-refractivity contribution in [1.82, 2.24) is 5.32 Å². The Hall–Kier alpha value is -1.88. The van der Waals surface area contributed by atoms with E-state index >= 15 is 0 Å². The van der Waals surface area contributed by atoms with Gasteiger partial charge in [-0.05, 0) is 18.7 Å². The van der Waals surface area contributed by atoms with Crippen LogP contribution in [0.15, 0.2) is 24.3 Å². The van der Waals surface area contributed by atoms with Gasteiger partial charge in [-0.2, -0.15) is 0 Å². The lowest BCUT2D eigenvalue weighted by molar-refractivity contribution is -0.139. The van der Waals surface area contributed by atoms with Gasteiger partial charge in [0.25, 0.3) is 0 Å². The van der Waals surface area contributed by atoms with Crippen LogP contribution in [-0.4, -0.2) is 36.6 Å². The highest BCUT2D eigenvalue weighted by atomic mass is 16.4. The Morgan fingerprint density at radius 2 is 2.18 bits per heavy atom. The first-order valence-electron chi connectivity index (χ1n) is 5.42. The third kappa shape index (κ3) is 2.01. The normalized spacial score (nSPS) is 17.9. The van der Waals surface area contributed by atoms with Crippen LogP contribution >= 0.6 is 0 Å².